The number of hydrogen-bond acceptors (Lipinski definition) is 3. The summed E-state index contributed by atoms with van der Waals surface area (Å²) in [6.07, 6.45) is 4.74. The van der Waals surface area contributed by atoms with Gasteiger partial charge in [0.25, 0.3) is 0 Å². The topological polar surface area (TPSA) is 106 Å². The molecule has 0 fully saturated rings. The number of carboxylic acids is 1. The molecule has 5 N–H and O–H groups in total. The Balaban J connectivity index is 0. The number of rotatable bonds is 2. The van der Waals surface area contributed by atoms with E-state index in [4.69, 9.17) is 10.8 Å². The number of carbonyl (C=O) groups excluding carboxylic acids is 1. The number of hydrogen-bond donors (Lipinski definition) is 3. The minimum atomic E-state index is -1.18. The molecule has 12 heavy (non-hydrogen) atoms. The molecule has 0 rings (SSSR count). The Morgan fingerprint density at radius 2 is 1.75 bits per heavy atom. The number of aliphatic carboxylic acids is 1. The van der Waals surface area contributed by atoms with Crippen molar-refractivity contribution in [1.82, 2.24) is 0 Å². The Morgan fingerprint density at radius 3 is 1.83 bits per heavy atom. The third-order valence-corrected chi connectivity index (χ3v) is 0.583. The molecule has 0 aliphatic carbocycles. The Labute approximate surface area is 70.4 Å². The lowest BCUT2D eigenvalue weighted by Crippen LogP contribution is -2.06. The monoisotopic (exact) mass is 172 g/mol. The molecule has 0 heterocycles. The van der Waals surface area contributed by atoms with Gasteiger partial charge in [0, 0.05) is 12.2 Å². The van der Waals surface area contributed by atoms with Crippen LogP contribution in [0.15, 0.2) is 24.4 Å². The molecule has 0 aromatic carbocycles. The second-order valence-electron chi connectivity index (χ2n) is 1.60. The number of amides is 1. The van der Waals surface area contributed by atoms with Crippen LogP contribution in [0, 0.1) is 0 Å². The summed E-state index contributed by atoms with van der Waals surface area (Å²) in [4.78, 5) is 19.4. The van der Waals surface area contributed by atoms with Crippen LogP contribution in [-0.2, 0) is 9.59 Å². The summed E-state index contributed by atoms with van der Waals surface area (Å²) < 4.78 is 0. The molecule has 5 nitrogen and oxygen atoms in total. The SMILES string of the molecule is CC=CN.NC(=O)/C=C\C(=O)O. The smallest absolute Gasteiger partial charge is 0.328 e. The van der Waals surface area contributed by atoms with Crippen LogP contribution in [0.25, 0.3) is 0 Å². The van der Waals surface area contributed by atoms with Crippen molar-refractivity contribution < 1.29 is 14.7 Å². The van der Waals surface area contributed by atoms with E-state index < -0.39 is 11.9 Å². The highest BCUT2D eigenvalue weighted by atomic mass is 16.4. The van der Waals surface area contributed by atoms with Crippen LogP contribution in [0.5, 0.6) is 0 Å². The van der Waals surface area contributed by atoms with Crippen molar-refractivity contribution in [3.63, 3.8) is 0 Å². The molecule has 0 saturated carbocycles. The predicted octanol–water partition coefficient (Wildman–Crippen LogP) is -0.409. The van der Waals surface area contributed by atoms with Crippen LogP contribution >= 0.6 is 0 Å². The normalized spacial score (nSPS) is 9.42. The lowest BCUT2D eigenvalue weighted by molar-refractivity contribution is -0.131. The zero-order valence-electron chi connectivity index (χ0n) is 6.73. The fourth-order valence-electron chi connectivity index (χ4n) is 0.153. The maximum Gasteiger partial charge on any atom is 0.328 e. The van der Waals surface area contributed by atoms with Crippen LogP contribution in [0.3, 0.4) is 0 Å². The van der Waals surface area contributed by atoms with Crippen LogP contribution in [0.1, 0.15) is 6.92 Å². The second kappa shape index (κ2) is 9.22. The van der Waals surface area contributed by atoms with Gasteiger partial charge < -0.3 is 16.6 Å². The van der Waals surface area contributed by atoms with Gasteiger partial charge in [-0.2, -0.15) is 0 Å². The Morgan fingerprint density at radius 1 is 1.33 bits per heavy atom. The van der Waals surface area contributed by atoms with Crippen molar-refractivity contribution in [2.45, 2.75) is 6.92 Å². The molecule has 0 radical (unpaired) electrons. The van der Waals surface area contributed by atoms with Gasteiger partial charge in [-0.05, 0) is 13.1 Å². The Bertz CT molecular complexity index is 177. The summed E-state index contributed by atoms with van der Waals surface area (Å²) in [5, 5.41) is 7.87. The fourth-order valence-corrected chi connectivity index (χ4v) is 0.153. The number of allylic oxidation sites excluding steroid dienone is 1. The molecular formula is C7H12N2O3. The fraction of sp³-hybridized carbons (Fsp3) is 0.143. The summed E-state index contributed by atoms with van der Waals surface area (Å²) >= 11 is 0. The first-order valence-corrected chi connectivity index (χ1v) is 3.08. The molecule has 68 valence electrons. The van der Waals surface area contributed by atoms with Crippen LogP contribution in [-0.4, -0.2) is 17.0 Å². The predicted molar refractivity (Wildman–Crippen MR) is 45.0 cm³/mol. The van der Waals surface area contributed by atoms with Gasteiger partial charge in [0.1, 0.15) is 0 Å². The summed E-state index contributed by atoms with van der Waals surface area (Å²) in [5.41, 5.74) is 9.40. The van der Waals surface area contributed by atoms with Crippen LogP contribution < -0.4 is 11.5 Å². The molecule has 0 spiro atoms. The molecule has 0 bridgehead atoms. The van der Waals surface area contributed by atoms with Gasteiger partial charge in [0.2, 0.25) is 5.91 Å². The molecule has 0 aromatic heterocycles. The Kier molecular flexibility index (Phi) is 9.88. The average molecular weight is 172 g/mol. The first-order valence-electron chi connectivity index (χ1n) is 3.08. The van der Waals surface area contributed by atoms with Crippen molar-refractivity contribution in [3.8, 4) is 0 Å². The largest absolute Gasteiger partial charge is 0.478 e. The molecule has 5 heteroatoms. The third-order valence-electron chi connectivity index (χ3n) is 0.583. The number of carbonyl (C=O) groups is 2. The summed E-state index contributed by atoms with van der Waals surface area (Å²) in [6, 6.07) is 0. The first-order chi connectivity index (χ1) is 5.54. The van der Waals surface area contributed by atoms with Crippen molar-refractivity contribution in [2.75, 3.05) is 0 Å². The van der Waals surface area contributed by atoms with Crippen LogP contribution in [0.4, 0.5) is 0 Å². The summed E-state index contributed by atoms with van der Waals surface area (Å²) in [5.74, 6) is -1.93. The number of nitrogens with two attached hydrogens (primary N) is 2. The quantitative estimate of drug-likeness (QED) is 0.492. The van der Waals surface area contributed by atoms with E-state index in [0.717, 1.165) is 6.08 Å². The van der Waals surface area contributed by atoms with Crippen molar-refractivity contribution in [1.29, 1.82) is 0 Å². The molecule has 0 aliphatic rings. The molecule has 0 atom stereocenters. The highest BCUT2D eigenvalue weighted by Crippen LogP contribution is 1.68. The van der Waals surface area contributed by atoms with E-state index >= 15 is 0 Å². The minimum absolute atomic E-state index is 0.683. The van der Waals surface area contributed by atoms with Gasteiger partial charge in [-0.15, -0.1) is 0 Å². The van der Waals surface area contributed by atoms with Crippen molar-refractivity contribution in [3.05, 3.63) is 24.4 Å². The maximum absolute atomic E-state index is 9.78. The minimum Gasteiger partial charge on any atom is -0.478 e. The maximum atomic E-state index is 9.78. The number of carboxylic acid groups (broad SMARTS) is 1. The van der Waals surface area contributed by atoms with Crippen LogP contribution in [0.2, 0.25) is 0 Å². The molecule has 1 amide bonds. The van der Waals surface area contributed by atoms with E-state index in [0.29, 0.717) is 6.08 Å². The first kappa shape index (κ1) is 12.9. The molecule has 0 saturated heterocycles. The van der Waals surface area contributed by atoms with E-state index in [1.165, 1.54) is 6.20 Å². The van der Waals surface area contributed by atoms with Gasteiger partial charge >= 0.3 is 5.97 Å². The molecule has 0 unspecified atom stereocenters. The van der Waals surface area contributed by atoms with Gasteiger partial charge in [-0.1, -0.05) is 6.08 Å². The van der Waals surface area contributed by atoms with Crippen molar-refractivity contribution in [2.24, 2.45) is 11.5 Å². The summed E-state index contributed by atoms with van der Waals surface area (Å²) in [7, 11) is 0. The standard InChI is InChI=1S/C4H5NO3.C3H7N/c5-3(6)1-2-4(7)8;1-2-3-4/h1-2H,(H2,5,6)(H,7,8);2-3H,4H2,1H3/b2-1-;. The summed E-state index contributed by atoms with van der Waals surface area (Å²) in [6.45, 7) is 1.88. The Hall–Kier alpha value is -1.78. The zero-order chi connectivity index (χ0) is 9.98. The molecule has 0 aliphatic heterocycles. The van der Waals surface area contributed by atoms with E-state index in [1.54, 1.807) is 6.08 Å². The van der Waals surface area contributed by atoms with E-state index in [2.05, 4.69) is 5.73 Å². The van der Waals surface area contributed by atoms with E-state index in [9.17, 15) is 9.59 Å². The average Bonchev–Trinajstić information content (AvgIpc) is 2.01. The number of primary amides is 1. The highest BCUT2D eigenvalue weighted by molar-refractivity contribution is 5.92. The van der Waals surface area contributed by atoms with Gasteiger partial charge in [-0.3, -0.25) is 4.79 Å². The lowest BCUT2D eigenvalue weighted by Gasteiger charge is -1.75. The van der Waals surface area contributed by atoms with Gasteiger partial charge in [-0.25, -0.2) is 4.79 Å². The lowest BCUT2D eigenvalue weighted by atomic mass is 10.5. The van der Waals surface area contributed by atoms with Crippen molar-refractivity contribution >= 4 is 11.9 Å². The highest BCUT2D eigenvalue weighted by Gasteiger charge is 1.86. The third kappa shape index (κ3) is 24.1. The van der Waals surface area contributed by atoms with E-state index in [-0.39, 0.29) is 0 Å². The molecule has 0 aromatic rings. The second-order valence-corrected chi connectivity index (χ2v) is 1.60. The molecular weight excluding hydrogens is 160 g/mol. The van der Waals surface area contributed by atoms with Gasteiger partial charge in [0.05, 0.1) is 0 Å². The van der Waals surface area contributed by atoms with Gasteiger partial charge in [0.15, 0.2) is 0 Å². The zero-order valence-corrected chi connectivity index (χ0v) is 6.73. The van der Waals surface area contributed by atoms with E-state index in [1.807, 2.05) is 6.92 Å².